The summed E-state index contributed by atoms with van der Waals surface area (Å²) in [5.41, 5.74) is 6.10. The van der Waals surface area contributed by atoms with Gasteiger partial charge in [0, 0.05) is 31.1 Å². The van der Waals surface area contributed by atoms with E-state index in [1.165, 1.54) is 19.1 Å². The van der Waals surface area contributed by atoms with Gasteiger partial charge in [0.15, 0.2) is 18.4 Å². The second-order valence-electron chi connectivity index (χ2n) is 20.5. The SMILES string of the molecule is C[C@@H]1[C@H](O)[C@@H](C)/C=C/C=C/C=C/C=C/C=C/C=C/C=C/[C@H](O[C@H]2O[C@@H](C)[C@H](O)[C@@H](N)[C@H]2O)C[C@@H]2O[C@](O)(C[C@@H](O)[C@H](O)CC[C@@H](O)C[C@@H](O)C[C@@H](O)CC(=O)O[C@H]1C)C[C@H](O)[C@H]2C(=O)N[C@H]1[C@H](O)[C@@H](O)[C@H](CO)O[C@H]1O. The van der Waals surface area contributed by atoms with E-state index in [0.717, 1.165) is 0 Å². The van der Waals surface area contributed by atoms with Crippen molar-refractivity contribution in [3.8, 4) is 0 Å². The molecule has 0 unspecified atom stereocenters. The third kappa shape index (κ3) is 19.6. The Bertz CT molecular complexity index is 1990. The number of allylic oxidation sites excluding steroid dienone is 12. The van der Waals surface area contributed by atoms with E-state index in [9.17, 15) is 81.1 Å². The smallest absolute Gasteiger partial charge is 0.308 e. The van der Waals surface area contributed by atoms with Crippen LogP contribution in [0.4, 0.5) is 0 Å². The van der Waals surface area contributed by atoms with Crippen LogP contribution >= 0.6 is 0 Å². The molecule has 4 aliphatic heterocycles. The third-order valence-electron chi connectivity index (χ3n) is 14.3. The highest BCUT2D eigenvalue weighted by Gasteiger charge is 2.53. The Kier molecular flexibility index (Phi) is 26.7. The highest BCUT2D eigenvalue weighted by atomic mass is 16.7. The fraction of sp³-hybridized carbons (Fsp3) is 0.698. The number of nitrogens with two attached hydrogens (primary N) is 1. The van der Waals surface area contributed by atoms with Crippen LogP contribution in [0.25, 0.3) is 0 Å². The van der Waals surface area contributed by atoms with Gasteiger partial charge in [-0.3, -0.25) is 9.59 Å². The molecule has 0 radical (unpaired) electrons. The summed E-state index contributed by atoms with van der Waals surface area (Å²) < 4.78 is 28.8. The molecule has 0 aromatic carbocycles. The Morgan fingerprint density at radius 2 is 1.22 bits per heavy atom. The lowest BCUT2D eigenvalue weighted by Crippen LogP contribution is -2.66. The van der Waals surface area contributed by atoms with Crippen LogP contribution in [0.15, 0.2) is 85.1 Å². The molecule has 0 saturated carbocycles. The average molecular weight is 1090 g/mol. The number of esters is 1. The molecule has 24 atom stereocenters. The molecule has 23 nitrogen and oxygen atoms in total. The first-order chi connectivity index (χ1) is 35.9. The summed E-state index contributed by atoms with van der Waals surface area (Å²) in [6.07, 6.45) is -5.55. The van der Waals surface area contributed by atoms with Crippen LogP contribution in [0, 0.1) is 17.8 Å². The van der Waals surface area contributed by atoms with Gasteiger partial charge in [0.05, 0.1) is 92.1 Å². The van der Waals surface area contributed by atoms with Gasteiger partial charge < -0.3 is 106 Å². The maximum absolute atomic E-state index is 14.2. The number of rotatable bonds is 5. The second-order valence-corrected chi connectivity index (χ2v) is 20.5. The molecular weight excluding hydrogens is 1000 g/mol. The van der Waals surface area contributed by atoms with Crippen molar-refractivity contribution >= 4 is 11.9 Å². The molecular formula is C53H84N2O21. The van der Waals surface area contributed by atoms with Crippen molar-refractivity contribution in [1.82, 2.24) is 5.32 Å². The lowest BCUT2D eigenvalue weighted by molar-refractivity contribution is -0.309. The van der Waals surface area contributed by atoms with Crippen molar-refractivity contribution in [2.75, 3.05) is 6.61 Å². The Balaban J connectivity index is 1.65. The number of cyclic esters (lactones) is 1. The second kappa shape index (κ2) is 31.2. The minimum absolute atomic E-state index is 0.199. The summed E-state index contributed by atoms with van der Waals surface area (Å²) in [6, 6.07) is -2.93. The highest BCUT2D eigenvalue weighted by molar-refractivity contribution is 5.80. The third-order valence-corrected chi connectivity index (χ3v) is 14.3. The lowest BCUT2D eigenvalue weighted by Gasteiger charge is -2.47. The van der Waals surface area contributed by atoms with Crippen molar-refractivity contribution < 1.29 is 105 Å². The van der Waals surface area contributed by atoms with Crippen LogP contribution in [-0.4, -0.2) is 218 Å². The fourth-order valence-electron chi connectivity index (χ4n) is 9.49. The Hall–Kier alpha value is -3.64. The molecule has 432 valence electrons. The van der Waals surface area contributed by atoms with E-state index in [0.29, 0.717) is 0 Å². The van der Waals surface area contributed by atoms with Gasteiger partial charge in [-0.15, -0.1) is 0 Å². The summed E-state index contributed by atoms with van der Waals surface area (Å²) in [4.78, 5) is 26.9. The van der Waals surface area contributed by atoms with Gasteiger partial charge in [0.2, 0.25) is 5.91 Å². The number of carbonyl (C=O) groups excluding carboxylic acids is 2. The summed E-state index contributed by atoms with van der Waals surface area (Å²) in [7, 11) is 0. The molecule has 0 aliphatic carbocycles. The van der Waals surface area contributed by atoms with Crippen molar-refractivity contribution in [3.63, 3.8) is 0 Å². The summed E-state index contributed by atoms with van der Waals surface area (Å²) in [5.74, 6) is -6.81. The number of hydrogen-bond acceptors (Lipinski definition) is 22. The molecule has 0 aromatic heterocycles. The van der Waals surface area contributed by atoms with Gasteiger partial charge in [-0.25, -0.2) is 0 Å². The minimum atomic E-state index is -2.49. The minimum Gasteiger partial charge on any atom is -0.462 e. The van der Waals surface area contributed by atoms with Crippen LogP contribution in [0.5, 0.6) is 0 Å². The molecule has 4 heterocycles. The van der Waals surface area contributed by atoms with Crippen molar-refractivity contribution in [2.45, 2.75) is 207 Å². The molecule has 4 rings (SSSR count). The summed E-state index contributed by atoms with van der Waals surface area (Å²) in [6.45, 7) is 5.88. The summed E-state index contributed by atoms with van der Waals surface area (Å²) in [5, 5.41) is 154. The van der Waals surface area contributed by atoms with Crippen LogP contribution in [0.3, 0.4) is 0 Å². The quantitative estimate of drug-likeness (QED) is 0.127. The van der Waals surface area contributed by atoms with Gasteiger partial charge >= 0.3 is 5.97 Å². The molecule has 0 aromatic rings. The van der Waals surface area contributed by atoms with Crippen LogP contribution in [-0.2, 0) is 33.3 Å². The molecule has 0 spiro atoms. The number of aliphatic hydroxyl groups excluding tert-OH is 13. The molecule has 3 fully saturated rings. The van der Waals surface area contributed by atoms with Crippen LogP contribution in [0.1, 0.15) is 79.1 Å². The number of carbonyl (C=O) groups is 2. The topological polar surface area (TPSA) is 402 Å². The Labute approximate surface area is 443 Å². The van der Waals surface area contributed by atoms with Gasteiger partial charge in [-0.05, 0) is 39.5 Å². The Morgan fingerprint density at radius 3 is 1.83 bits per heavy atom. The van der Waals surface area contributed by atoms with Crippen molar-refractivity contribution in [2.24, 2.45) is 23.5 Å². The van der Waals surface area contributed by atoms with E-state index < -0.39 is 184 Å². The highest BCUT2D eigenvalue weighted by Crippen LogP contribution is 2.39. The standard InChI is InChI=1S/C53H84N2O21/c1-28-17-15-13-11-9-7-5-6-8-10-12-14-16-18-35(74-52-48(67)43(54)46(65)31(4)73-52)24-39-42(50(69)55-44-49(68)47(66)40(27-56)75-51(44)70)38(62)26-53(71,76-39)25-37(61)36(60)20-19-32(57)21-33(58)22-34(59)23-41(63)72-30(3)29(2)45(28)64/h5-18,28-40,42-49,51-52,56-62,64-68,70-71H,19-27,54H2,1-4H3,(H,55,69)/b6-5+,9-7+,10-8+,13-11+,14-12+,17-15+,18-16+/t28-,29-,30-,31-,32+,33+,34+,35-,36+,37+,38-,39-,40-,42+,43+,44-,45+,46-,47-,48+,49-,51+,52+,53+/m0/s1. The van der Waals surface area contributed by atoms with E-state index in [4.69, 9.17) is 29.4 Å². The zero-order valence-electron chi connectivity index (χ0n) is 43.4. The molecule has 76 heavy (non-hydrogen) atoms. The zero-order valence-corrected chi connectivity index (χ0v) is 43.4. The maximum Gasteiger partial charge on any atom is 0.308 e. The first-order valence-corrected chi connectivity index (χ1v) is 25.9. The Morgan fingerprint density at radius 1 is 0.658 bits per heavy atom. The number of amides is 1. The number of nitrogens with one attached hydrogen (secondary N) is 1. The van der Waals surface area contributed by atoms with E-state index in [1.807, 2.05) is 6.92 Å². The number of fused-ring (bicyclic) bond motifs is 2. The van der Waals surface area contributed by atoms with Gasteiger partial charge in [0.25, 0.3) is 0 Å². The maximum atomic E-state index is 14.2. The van der Waals surface area contributed by atoms with E-state index in [1.54, 1.807) is 86.8 Å². The molecule has 3 saturated heterocycles. The average Bonchev–Trinajstić information content (AvgIpc) is 3.34. The molecule has 23 heteroatoms. The predicted octanol–water partition coefficient (Wildman–Crippen LogP) is -2.46. The normalized spacial score (nSPS) is 46.7. The van der Waals surface area contributed by atoms with E-state index in [2.05, 4.69) is 5.32 Å². The molecule has 1 amide bonds. The lowest BCUT2D eigenvalue weighted by atomic mass is 9.81. The predicted molar refractivity (Wildman–Crippen MR) is 271 cm³/mol. The van der Waals surface area contributed by atoms with Crippen LogP contribution < -0.4 is 11.1 Å². The van der Waals surface area contributed by atoms with Crippen molar-refractivity contribution in [1.29, 1.82) is 0 Å². The number of aliphatic hydroxyl groups is 14. The molecule has 2 bridgehead atoms. The zero-order chi connectivity index (χ0) is 56.4. The number of ether oxygens (including phenoxy) is 5. The van der Waals surface area contributed by atoms with E-state index in [-0.39, 0.29) is 31.6 Å². The largest absolute Gasteiger partial charge is 0.462 e. The first-order valence-electron chi connectivity index (χ1n) is 25.9. The fourth-order valence-corrected chi connectivity index (χ4v) is 9.49. The van der Waals surface area contributed by atoms with Gasteiger partial charge in [0.1, 0.15) is 36.6 Å². The first kappa shape index (κ1) is 64.9. The van der Waals surface area contributed by atoms with Crippen LogP contribution in [0.2, 0.25) is 0 Å². The number of hydrogen-bond donors (Lipinski definition) is 16. The van der Waals surface area contributed by atoms with E-state index >= 15 is 0 Å². The van der Waals surface area contributed by atoms with Gasteiger partial charge in [-0.2, -0.15) is 0 Å². The monoisotopic (exact) mass is 1080 g/mol. The molecule has 4 aliphatic rings. The summed E-state index contributed by atoms with van der Waals surface area (Å²) >= 11 is 0. The molecule has 17 N–H and O–H groups in total. The van der Waals surface area contributed by atoms with Gasteiger partial charge in [-0.1, -0.05) is 98.9 Å². The van der Waals surface area contributed by atoms with Crippen molar-refractivity contribution in [3.05, 3.63) is 85.1 Å².